The van der Waals surface area contributed by atoms with Gasteiger partial charge in [-0.05, 0) is 127 Å². The molecule has 0 bridgehead atoms. The summed E-state index contributed by atoms with van der Waals surface area (Å²) in [5.74, 6) is -8.47. The number of hydrogen-bond donors (Lipinski definition) is 8. The zero-order chi connectivity index (χ0) is 81.5. The number of ether oxygens (including phenoxy) is 5. The van der Waals surface area contributed by atoms with Gasteiger partial charge in [0.05, 0.1) is 70.1 Å². The van der Waals surface area contributed by atoms with Gasteiger partial charge in [-0.25, -0.2) is 42.7 Å². The third kappa shape index (κ3) is 42.4. The maximum absolute atomic E-state index is 11.9. The Morgan fingerprint density at radius 3 is 1.07 bits per heavy atom. The van der Waals surface area contributed by atoms with Gasteiger partial charge < -0.3 is 72.3 Å². The minimum Gasteiger partial charge on any atom is -0.480 e. The molecule has 0 radical (unpaired) electrons. The second-order valence-corrected chi connectivity index (χ2v) is 27.0. The molecule has 0 unspecified atom stereocenters. The number of quaternary nitrogens is 2. The number of carbonyl (C=O) groups is 9. The average molecular weight is 1520 g/mol. The van der Waals surface area contributed by atoms with E-state index in [-0.39, 0.29) is 73.2 Å². The molecule has 0 aliphatic rings. The van der Waals surface area contributed by atoms with Gasteiger partial charge in [0.1, 0.15) is 65.0 Å². The number of carbonyl (C=O) groups excluding carboxylic acids is 5. The molecule has 0 saturated heterocycles. The summed E-state index contributed by atoms with van der Waals surface area (Å²) >= 11 is 0. The summed E-state index contributed by atoms with van der Waals surface area (Å²) in [7, 11) is 0.00336. The summed E-state index contributed by atoms with van der Waals surface area (Å²) in [6, 6.07) is 32.5. The minimum absolute atomic E-state index is 0.111. The number of aromatic carboxylic acids is 2. The number of phosphoric acid groups is 2. The van der Waals surface area contributed by atoms with Crippen LogP contribution in [0, 0.1) is 0 Å². The largest absolute Gasteiger partial charge is 0.524 e. The Morgan fingerprint density at radius 1 is 0.415 bits per heavy atom. The Hall–Kier alpha value is -10.5. The molecule has 578 valence electrons. The molecule has 0 aliphatic heterocycles. The summed E-state index contributed by atoms with van der Waals surface area (Å²) in [5, 5.41) is 35.5. The van der Waals surface area contributed by atoms with Crippen molar-refractivity contribution in [2.45, 2.75) is 68.5 Å². The summed E-state index contributed by atoms with van der Waals surface area (Å²) in [4.78, 5) is 135. The Balaban J connectivity index is 0.00000127. The summed E-state index contributed by atoms with van der Waals surface area (Å²) in [6.45, 7) is 38.9. The quantitative estimate of drug-likeness (QED) is 0.00483. The minimum atomic E-state index is -4.46. The first-order valence-corrected chi connectivity index (χ1v) is 35.2. The van der Waals surface area contributed by atoms with Crippen LogP contribution in [0.3, 0.4) is 0 Å². The maximum atomic E-state index is 11.9. The molecule has 0 aliphatic carbocycles. The van der Waals surface area contributed by atoms with E-state index in [0.717, 1.165) is 67.4 Å². The fraction of sp³-hybridized carbons (Fsp3) is 0.320. The lowest BCUT2D eigenvalue weighted by atomic mass is 10.0. The van der Waals surface area contributed by atoms with Crippen LogP contribution in [0.5, 0.6) is 5.75 Å². The van der Waals surface area contributed by atoms with Crippen molar-refractivity contribution in [2.24, 2.45) is 0 Å². The van der Waals surface area contributed by atoms with Gasteiger partial charge >= 0.3 is 69.4 Å². The number of benzene rings is 5. The fourth-order valence-electron chi connectivity index (χ4n) is 7.93. The first-order valence-electron chi connectivity index (χ1n) is 32.1. The first-order chi connectivity index (χ1) is 49.0. The molecule has 0 saturated carbocycles. The van der Waals surface area contributed by atoms with Crippen LogP contribution in [0.1, 0.15) is 125 Å². The van der Waals surface area contributed by atoms with Crippen molar-refractivity contribution in [3.05, 3.63) is 222 Å². The fourth-order valence-corrected chi connectivity index (χ4v) is 8.64. The van der Waals surface area contributed by atoms with Crippen molar-refractivity contribution in [1.29, 1.82) is 0 Å². The van der Waals surface area contributed by atoms with Gasteiger partial charge in [-0.3, -0.25) is 23.9 Å². The highest BCUT2D eigenvalue weighted by Gasteiger charge is 2.22. The molecule has 0 spiro atoms. The summed E-state index contributed by atoms with van der Waals surface area (Å²) in [6.07, 6.45) is 0. The summed E-state index contributed by atoms with van der Waals surface area (Å²) < 4.78 is 54.8. The van der Waals surface area contributed by atoms with Crippen molar-refractivity contribution in [3.63, 3.8) is 0 Å². The molecule has 5 rings (SSSR count). The number of esters is 5. The van der Waals surface area contributed by atoms with Crippen molar-refractivity contribution >= 4 is 91.8 Å². The van der Waals surface area contributed by atoms with E-state index in [0.29, 0.717) is 5.69 Å². The van der Waals surface area contributed by atoms with Crippen LogP contribution in [-0.2, 0) is 74.4 Å². The molecule has 0 atom stereocenters. The van der Waals surface area contributed by atoms with Crippen LogP contribution in [-0.4, -0.2) is 197 Å². The number of carboxylic acids is 4. The Labute approximate surface area is 617 Å². The van der Waals surface area contributed by atoms with E-state index in [2.05, 4.69) is 144 Å². The lowest BCUT2D eigenvalue weighted by Gasteiger charge is -2.32. The van der Waals surface area contributed by atoms with E-state index >= 15 is 0 Å². The van der Waals surface area contributed by atoms with Gasteiger partial charge in [0.25, 0.3) is 0 Å². The Morgan fingerprint density at radius 2 is 0.745 bits per heavy atom. The molecular formula is C75H99N3O26P2+2. The van der Waals surface area contributed by atoms with Gasteiger partial charge in [0, 0.05) is 33.5 Å². The van der Waals surface area contributed by atoms with E-state index in [1.165, 1.54) is 92.5 Å². The highest BCUT2D eigenvalue weighted by molar-refractivity contribution is 7.46. The first kappa shape index (κ1) is 95.5. The smallest absolute Gasteiger partial charge is 0.480 e. The molecule has 0 aromatic heterocycles. The van der Waals surface area contributed by atoms with E-state index in [4.69, 9.17) is 58.9 Å². The lowest BCUT2D eigenvalue weighted by Crippen LogP contribution is -2.42. The lowest BCUT2D eigenvalue weighted by molar-refractivity contribution is -0.919. The number of hydrogen-bond acceptors (Lipinski definition) is 19. The Bertz CT molecular complexity index is 3940. The second kappa shape index (κ2) is 47.1. The standard InChI is InChI=1S/C17H19NO8.C15H24N.C15H14O8.C13H20N.C9H11O4P.C6H11O6P/c1-11(2)16(23)25-7-8-26-17(24)12-3-5-13(6-4-12)18(9-14(19)20)10-15(21)22;1-6-16(5,7-2)12-14-8-10-15(11-9-14)13(3)4;1-8(2)14(20)22-5-6-23-15(21)9-3-4-10(12(16)17)11(7-9)13(18)19;1-11(2)13-8-6-12(7-9-13)10-14(3,4)5;1-7(2)8-3-5-9(6-4-8)13-14(10,11)12;1-5(2)6(7)11-3-4-12-13(8,9)10/h3-6H,1,7-10H2,2H3,(H,19,20)(H,21,22);8-11H,3,6-7,12H2,1-2,4-5H3;3-4,7H,1,5-6H2,2H3,(H,16,17)(H,18,19);6-9H,1,10H2,2-5H3;3-6H,1H2,2H3,(H2,10,11,12);1,3-4H2,2H3,(H2,8,9,10)/q;+1;;+1;;. The highest BCUT2D eigenvalue weighted by atomic mass is 31.2. The maximum Gasteiger partial charge on any atom is 0.524 e. The molecule has 5 aromatic carbocycles. The van der Waals surface area contributed by atoms with Crippen LogP contribution >= 0.6 is 15.6 Å². The number of nitrogens with zero attached hydrogens (tertiary/aromatic N) is 3. The van der Waals surface area contributed by atoms with Crippen molar-refractivity contribution in [3.8, 4) is 5.75 Å². The van der Waals surface area contributed by atoms with Crippen molar-refractivity contribution < 1.29 is 134 Å². The SMILES string of the molecule is C=C(C)C(=O)OCCOC(=O)c1ccc(C(=O)O)c(C(=O)O)c1.C=C(C)C(=O)OCCOC(=O)c1ccc(N(CC(=O)O)CC(=O)O)cc1.C=C(C)C(=O)OCCOP(=O)(O)O.C=C(C)c1ccc(C[N+](C)(C)C)cc1.C=C(C)c1ccc(C[N+](C)(CC)CC)cc1.C=C(C)c1ccc(OP(=O)(O)O)cc1. The van der Waals surface area contributed by atoms with E-state index in [9.17, 15) is 52.3 Å². The van der Waals surface area contributed by atoms with Gasteiger partial charge in [-0.1, -0.05) is 117 Å². The van der Waals surface area contributed by atoms with Gasteiger partial charge in [0.15, 0.2) is 0 Å². The molecule has 5 aromatic rings. The molecule has 31 heteroatoms. The van der Waals surface area contributed by atoms with E-state index in [1.54, 1.807) is 12.1 Å². The number of allylic oxidation sites excluding steroid dienone is 3. The van der Waals surface area contributed by atoms with Crippen molar-refractivity contribution in [1.82, 2.24) is 0 Å². The topological polar surface area (TPSA) is 417 Å². The molecule has 106 heavy (non-hydrogen) atoms. The predicted octanol–water partition coefficient (Wildman–Crippen LogP) is 11.3. The number of rotatable bonds is 33. The molecule has 0 fully saturated rings. The average Bonchev–Trinajstić information content (AvgIpc) is 0.852. The molecular weight excluding hydrogens is 1420 g/mol. The Kier molecular flexibility index (Phi) is 42.5. The normalized spacial score (nSPS) is 10.6. The molecule has 0 amide bonds. The summed E-state index contributed by atoms with van der Waals surface area (Å²) in [5.41, 5.74) is 9.39. The number of aliphatic carboxylic acids is 2. The van der Waals surface area contributed by atoms with Crippen molar-refractivity contribution in [2.75, 3.05) is 98.9 Å². The number of anilines is 1. The molecule has 29 nitrogen and oxygen atoms in total. The second-order valence-electron chi connectivity index (χ2n) is 24.6. The van der Waals surface area contributed by atoms with Gasteiger partial charge in [-0.2, -0.15) is 0 Å². The van der Waals surface area contributed by atoms with Crippen LogP contribution in [0.15, 0.2) is 171 Å². The zero-order valence-corrected chi connectivity index (χ0v) is 63.6. The predicted molar refractivity (Wildman–Crippen MR) is 399 cm³/mol. The zero-order valence-electron chi connectivity index (χ0n) is 61.9. The molecule has 0 heterocycles. The van der Waals surface area contributed by atoms with Crippen LogP contribution < -0.4 is 9.42 Å². The van der Waals surface area contributed by atoms with Crippen LogP contribution in [0.25, 0.3) is 16.7 Å². The van der Waals surface area contributed by atoms with Gasteiger partial charge in [0.2, 0.25) is 0 Å². The van der Waals surface area contributed by atoms with E-state index < -0.39 is 93.6 Å². The number of carboxylic acid groups (broad SMARTS) is 4. The van der Waals surface area contributed by atoms with Crippen LogP contribution in [0.2, 0.25) is 0 Å². The number of phosphoric ester groups is 2. The highest BCUT2D eigenvalue weighted by Crippen LogP contribution is 2.38. The monoisotopic (exact) mass is 1520 g/mol. The molecule has 8 N–H and O–H groups in total. The van der Waals surface area contributed by atoms with Gasteiger partial charge in [-0.15, -0.1) is 0 Å². The third-order valence-corrected chi connectivity index (χ3v) is 14.7. The third-order valence-electron chi connectivity index (χ3n) is 13.8. The van der Waals surface area contributed by atoms with Crippen LogP contribution in [0.4, 0.5) is 5.69 Å². The van der Waals surface area contributed by atoms with E-state index in [1.807, 2.05) is 20.8 Å².